The molecule has 1 aliphatic rings. The molecule has 5 heteroatoms. The molecule has 0 saturated carbocycles. The summed E-state index contributed by atoms with van der Waals surface area (Å²) in [6, 6.07) is 24.4. The van der Waals surface area contributed by atoms with Crippen molar-refractivity contribution in [3.05, 3.63) is 95.0 Å². The number of carbonyl (C=O) groups excluding carboxylic acids is 2. The summed E-state index contributed by atoms with van der Waals surface area (Å²) in [5.74, 6) is -0.0261. The Bertz CT molecular complexity index is 1100. The van der Waals surface area contributed by atoms with Crippen molar-refractivity contribution in [3.63, 3.8) is 0 Å². The van der Waals surface area contributed by atoms with Gasteiger partial charge in [0.25, 0.3) is 5.91 Å². The molecule has 158 valence electrons. The van der Waals surface area contributed by atoms with E-state index >= 15 is 0 Å². The second-order valence-corrected chi connectivity index (χ2v) is 8.23. The van der Waals surface area contributed by atoms with E-state index in [0.717, 1.165) is 16.9 Å². The summed E-state index contributed by atoms with van der Waals surface area (Å²) in [4.78, 5) is 30.2. The van der Waals surface area contributed by atoms with Gasteiger partial charge in [-0.25, -0.2) is 0 Å². The van der Waals surface area contributed by atoms with E-state index in [2.05, 4.69) is 0 Å². The van der Waals surface area contributed by atoms with Crippen molar-refractivity contribution in [2.45, 2.75) is 38.8 Å². The van der Waals surface area contributed by atoms with Crippen LogP contribution in [0, 0.1) is 0 Å². The van der Waals surface area contributed by atoms with Gasteiger partial charge in [0.1, 0.15) is 0 Å². The molecule has 1 aliphatic heterocycles. The van der Waals surface area contributed by atoms with Gasteiger partial charge in [0, 0.05) is 34.4 Å². The van der Waals surface area contributed by atoms with Crippen LogP contribution in [0.3, 0.4) is 0 Å². The van der Waals surface area contributed by atoms with E-state index in [1.54, 1.807) is 24.3 Å². The monoisotopic (exact) mass is 432 g/mol. The Kier molecular flexibility index (Phi) is 6.10. The van der Waals surface area contributed by atoms with Crippen molar-refractivity contribution in [1.29, 1.82) is 0 Å². The van der Waals surface area contributed by atoms with Gasteiger partial charge in [-0.15, -0.1) is 0 Å². The Balaban J connectivity index is 1.79. The molecule has 2 unspecified atom stereocenters. The number of anilines is 2. The zero-order chi connectivity index (χ0) is 22.0. The van der Waals surface area contributed by atoms with Gasteiger partial charge in [0.15, 0.2) is 0 Å². The maximum Gasteiger partial charge on any atom is 0.258 e. The van der Waals surface area contributed by atoms with Gasteiger partial charge in [-0.2, -0.15) is 0 Å². The van der Waals surface area contributed by atoms with Crippen LogP contribution in [-0.4, -0.2) is 17.9 Å². The number of hydrogen-bond donors (Lipinski definition) is 0. The van der Waals surface area contributed by atoms with Crippen LogP contribution in [0.1, 0.15) is 48.7 Å². The molecule has 3 aromatic rings. The summed E-state index contributed by atoms with van der Waals surface area (Å²) in [7, 11) is 0. The first-order valence-corrected chi connectivity index (χ1v) is 10.9. The lowest BCUT2D eigenvalue weighted by Gasteiger charge is -2.43. The highest BCUT2D eigenvalue weighted by molar-refractivity contribution is 6.31. The molecule has 0 radical (unpaired) electrons. The molecule has 1 heterocycles. The van der Waals surface area contributed by atoms with E-state index in [1.165, 1.54) is 0 Å². The fraction of sp³-hybridized carbons (Fsp3) is 0.231. The first-order valence-electron chi connectivity index (χ1n) is 10.6. The van der Waals surface area contributed by atoms with Crippen LogP contribution in [0.4, 0.5) is 11.4 Å². The molecule has 4 nitrogen and oxygen atoms in total. The molecule has 4 rings (SSSR count). The average Bonchev–Trinajstić information content (AvgIpc) is 2.79. The lowest BCUT2D eigenvalue weighted by molar-refractivity contribution is -0.118. The summed E-state index contributed by atoms with van der Waals surface area (Å²) >= 11 is 6.13. The van der Waals surface area contributed by atoms with Crippen LogP contribution < -0.4 is 9.80 Å². The third kappa shape index (κ3) is 4.08. The number of rotatable bonds is 4. The highest BCUT2D eigenvalue weighted by Gasteiger charge is 2.38. The molecule has 0 spiro atoms. The minimum Gasteiger partial charge on any atom is -0.305 e. The standard InChI is InChI=1S/C26H25ClN2O2/c1-3-25(30)29(21-12-5-4-6-13-21)24-16-18(2)28(23-15-8-7-14-22(23)24)26(31)19-10-9-11-20(27)17-19/h4-15,17-18,24H,3,16H2,1-2H3. The molecule has 2 atom stereocenters. The van der Waals surface area contributed by atoms with E-state index in [-0.39, 0.29) is 23.9 Å². The van der Waals surface area contributed by atoms with Gasteiger partial charge >= 0.3 is 0 Å². The van der Waals surface area contributed by atoms with Gasteiger partial charge in [0.05, 0.1) is 6.04 Å². The molecule has 0 aromatic heterocycles. The fourth-order valence-corrected chi connectivity index (χ4v) is 4.54. The quantitative estimate of drug-likeness (QED) is 0.488. The predicted molar refractivity (Wildman–Crippen MR) is 126 cm³/mol. The maximum absolute atomic E-state index is 13.4. The first kappa shape index (κ1) is 21.1. The predicted octanol–water partition coefficient (Wildman–Crippen LogP) is 6.26. The topological polar surface area (TPSA) is 40.6 Å². The van der Waals surface area contributed by atoms with Crippen LogP contribution in [0.2, 0.25) is 5.02 Å². The zero-order valence-corrected chi connectivity index (χ0v) is 18.4. The van der Waals surface area contributed by atoms with Crippen LogP contribution >= 0.6 is 11.6 Å². The molecule has 31 heavy (non-hydrogen) atoms. The molecular formula is C26H25ClN2O2. The Hall–Kier alpha value is -3.11. The van der Waals surface area contributed by atoms with E-state index < -0.39 is 0 Å². The van der Waals surface area contributed by atoms with Gasteiger partial charge in [-0.3, -0.25) is 9.59 Å². The van der Waals surface area contributed by atoms with Crippen LogP contribution in [0.25, 0.3) is 0 Å². The average molecular weight is 433 g/mol. The smallest absolute Gasteiger partial charge is 0.258 e. The first-order chi connectivity index (χ1) is 15.0. The highest BCUT2D eigenvalue weighted by atomic mass is 35.5. The van der Waals surface area contributed by atoms with Crippen molar-refractivity contribution in [3.8, 4) is 0 Å². The third-order valence-electron chi connectivity index (χ3n) is 5.77. The minimum absolute atomic E-state index is 0.0628. The second-order valence-electron chi connectivity index (χ2n) is 7.80. The van der Waals surface area contributed by atoms with Gasteiger partial charge in [0.2, 0.25) is 5.91 Å². The van der Waals surface area contributed by atoms with Crippen molar-refractivity contribution in [2.75, 3.05) is 9.80 Å². The van der Waals surface area contributed by atoms with Gasteiger partial charge in [-0.05, 0) is 55.3 Å². The fourth-order valence-electron chi connectivity index (χ4n) is 4.35. The molecule has 0 aliphatic carbocycles. The van der Waals surface area contributed by atoms with Crippen LogP contribution in [0.15, 0.2) is 78.9 Å². The number of halogens is 1. The van der Waals surface area contributed by atoms with E-state index in [9.17, 15) is 9.59 Å². The number of nitrogens with zero attached hydrogens (tertiary/aromatic N) is 2. The molecule has 0 saturated heterocycles. The molecule has 3 aromatic carbocycles. The lowest BCUT2D eigenvalue weighted by Crippen LogP contribution is -2.47. The van der Waals surface area contributed by atoms with E-state index in [0.29, 0.717) is 23.4 Å². The van der Waals surface area contributed by atoms with E-state index in [4.69, 9.17) is 11.6 Å². The number of fused-ring (bicyclic) bond motifs is 1. The van der Waals surface area contributed by atoms with Gasteiger partial charge in [-0.1, -0.05) is 61.0 Å². The Morgan fingerprint density at radius 2 is 1.71 bits per heavy atom. The molecule has 0 bridgehead atoms. The molecule has 2 amide bonds. The minimum atomic E-state index is -0.149. The van der Waals surface area contributed by atoms with Crippen LogP contribution in [-0.2, 0) is 4.79 Å². The Labute approximate surface area is 188 Å². The molecular weight excluding hydrogens is 408 g/mol. The van der Waals surface area contributed by atoms with Gasteiger partial charge < -0.3 is 9.80 Å². The number of benzene rings is 3. The van der Waals surface area contributed by atoms with Crippen molar-refractivity contribution >= 4 is 34.8 Å². The van der Waals surface area contributed by atoms with Crippen LogP contribution in [0.5, 0.6) is 0 Å². The normalized spacial score (nSPS) is 17.7. The summed E-state index contributed by atoms with van der Waals surface area (Å²) in [6.07, 6.45) is 1.05. The second kappa shape index (κ2) is 8.94. The molecule has 0 N–H and O–H groups in total. The van der Waals surface area contributed by atoms with Crippen molar-refractivity contribution < 1.29 is 9.59 Å². The Morgan fingerprint density at radius 3 is 2.42 bits per heavy atom. The zero-order valence-electron chi connectivity index (χ0n) is 17.7. The molecule has 0 fully saturated rings. The van der Waals surface area contributed by atoms with E-state index in [1.807, 2.05) is 78.2 Å². The number of para-hydroxylation sites is 2. The largest absolute Gasteiger partial charge is 0.305 e. The summed E-state index contributed by atoms with van der Waals surface area (Å²) in [5, 5.41) is 0.533. The number of hydrogen-bond acceptors (Lipinski definition) is 2. The van der Waals surface area contributed by atoms with Crippen molar-refractivity contribution in [1.82, 2.24) is 0 Å². The number of carbonyl (C=O) groups is 2. The SMILES string of the molecule is CCC(=O)N(c1ccccc1)C1CC(C)N(C(=O)c2cccc(Cl)c2)c2ccccc21. The third-order valence-corrected chi connectivity index (χ3v) is 6.00. The number of amides is 2. The summed E-state index contributed by atoms with van der Waals surface area (Å²) in [5.41, 5.74) is 3.23. The van der Waals surface area contributed by atoms with Crippen molar-refractivity contribution in [2.24, 2.45) is 0 Å². The maximum atomic E-state index is 13.4. The highest BCUT2D eigenvalue weighted by Crippen LogP contribution is 2.42. The Morgan fingerprint density at radius 1 is 1.00 bits per heavy atom. The summed E-state index contributed by atoms with van der Waals surface area (Å²) in [6.45, 7) is 3.91. The summed E-state index contributed by atoms with van der Waals surface area (Å²) < 4.78 is 0. The lowest BCUT2D eigenvalue weighted by atomic mass is 9.89.